The maximum absolute atomic E-state index is 14.7. The number of methoxy groups -OCH3 is 2. The lowest BCUT2D eigenvalue weighted by Crippen LogP contribution is -2.74. The number of nitrogens with one attached hydrogen (secondary N) is 1. The second-order valence-corrected chi connectivity index (χ2v) is 12.3. The van der Waals surface area contributed by atoms with Crippen LogP contribution >= 0.6 is 0 Å². The summed E-state index contributed by atoms with van der Waals surface area (Å²) < 4.78 is 40.1. The van der Waals surface area contributed by atoms with Crippen molar-refractivity contribution < 1.29 is 47.0 Å². The number of benzene rings is 1. The van der Waals surface area contributed by atoms with Crippen LogP contribution in [0.2, 0.25) is 0 Å². The number of aliphatic carboxylic acids is 1. The summed E-state index contributed by atoms with van der Waals surface area (Å²) in [6.45, 7) is -0.158. The number of amides is 2. The minimum atomic E-state index is -4.49. The van der Waals surface area contributed by atoms with E-state index in [2.05, 4.69) is 9.71 Å². The van der Waals surface area contributed by atoms with Crippen LogP contribution in [0.25, 0.3) is 0 Å². The molecule has 2 saturated heterocycles. The van der Waals surface area contributed by atoms with Crippen molar-refractivity contribution in [3.05, 3.63) is 48.8 Å². The minimum absolute atomic E-state index is 0.127. The number of aromatic nitrogens is 1. The van der Waals surface area contributed by atoms with E-state index < -0.39 is 64.9 Å². The number of carbonyl (C=O) groups is 5. The molecule has 0 saturated carbocycles. The molecule has 2 aliphatic heterocycles. The number of rotatable bonds is 13. The maximum atomic E-state index is 14.7. The molecule has 46 heavy (non-hydrogen) atoms. The summed E-state index contributed by atoms with van der Waals surface area (Å²) in [5.41, 5.74) is -1.35. The Morgan fingerprint density at radius 1 is 1.02 bits per heavy atom. The van der Waals surface area contributed by atoms with Crippen molar-refractivity contribution in [2.24, 2.45) is 0 Å². The van der Waals surface area contributed by atoms with Gasteiger partial charge in [0.2, 0.25) is 15.9 Å². The molecule has 0 spiro atoms. The SMILES string of the molecule is COC(=O)CC1C(=O)N(CC(=O)O)CCN1C(=O)C(CC=O)(NS(=O)(=O)c1ccc(OC)cc1)N1CCN(c2ccncc2)CC1. The molecule has 2 unspecified atom stereocenters. The molecule has 0 radical (unpaired) electrons. The van der Waals surface area contributed by atoms with E-state index >= 15 is 0 Å². The van der Waals surface area contributed by atoms with Crippen LogP contribution < -0.4 is 14.4 Å². The van der Waals surface area contributed by atoms with Crippen LogP contribution in [0.5, 0.6) is 5.75 Å². The number of hydrogen-bond donors (Lipinski definition) is 2. The molecule has 0 aliphatic carbocycles. The number of esters is 1. The highest BCUT2D eigenvalue weighted by atomic mass is 32.2. The van der Waals surface area contributed by atoms with E-state index in [1.165, 1.54) is 31.4 Å². The molecule has 2 aliphatic rings. The highest BCUT2D eigenvalue weighted by Crippen LogP contribution is 2.29. The van der Waals surface area contributed by atoms with Gasteiger partial charge in [-0.15, -0.1) is 0 Å². The van der Waals surface area contributed by atoms with E-state index in [1.54, 1.807) is 17.3 Å². The fourth-order valence-corrected chi connectivity index (χ4v) is 6.99. The first-order valence-electron chi connectivity index (χ1n) is 14.4. The van der Waals surface area contributed by atoms with Gasteiger partial charge < -0.3 is 34.1 Å². The molecule has 2 atom stereocenters. The molecule has 16 nitrogen and oxygen atoms in total. The summed E-state index contributed by atoms with van der Waals surface area (Å²) in [5.74, 6) is -3.51. The topological polar surface area (TPSA) is 196 Å². The predicted octanol–water partition coefficient (Wildman–Crippen LogP) is -0.837. The lowest BCUT2D eigenvalue weighted by atomic mass is 9.98. The maximum Gasteiger partial charge on any atom is 0.323 e. The van der Waals surface area contributed by atoms with Gasteiger partial charge in [-0.05, 0) is 36.4 Å². The number of ether oxygens (including phenoxy) is 2. The molecule has 248 valence electrons. The normalized spacial score (nSPS) is 18.9. The lowest BCUT2D eigenvalue weighted by Gasteiger charge is -2.50. The molecule has 2 amide bonds. The quantitative estimate of drug-likeness (QED) is 0.200. The van der Waals surface area contributed by atoms with Crippen molar-refractivity contribution in [1.82, 2.24) is 24.4 Å². The molecule has 1 aromatic carbocycles. The number of anilines is 1. The Labute approximate surface area is 265 Å². The van der Waals surface area contributed by atoms with Crippen LogP contribution in [-0.2, 0) is 38.7 Å². The molecule has 17 heteroatoms. The zero-order valence-corrected chi connectivity index (χ0v) is 26.2. The van der Waals surface area contributed by atoms with Crippen LogP contribution in [-0.4, -0.2) is 135 Å². The van der Waals surface area contributed by atoms with E-state index in [0.29, 0.717) is 25.1 Å². The van der Waals surface area contributed by atoms with E-state index in [4.69, 9.17) is 9.47 Å². The Morgan fingerprint density at radius 2 is 1.67 bits per heavy atom. The molecule has 1 aromatic heterocycles. The summed E-state index contributed by atoms with van der Waals surface area (Å²) in [6, 6.07) is 7.54. The Hall–Kier alpha value is -4.61. The van der Waals surface area contributed by atoms with E-state index in [9.17, 15) is 37.5 Å². The van der Waals surface area contributed by atoms with Gasteiger partial charge in [0.05, 0.1) is 25.5 Å². The van der Waals surface area contributed by atoms with E-state index in [-0.39, 0.29) is 31.1 Å². The third-order valence-corrected chi connectivity index (χ3v) is 9.51. The fraction of sp³-hybridized carbons (Fsp3) is 0.448. The number of carboxylic acid groups (broad SMARTS) is 1. The smallest absolute Gasteiger partial charge is 0.323 e. The number of aldehydes is 1. The molecule has 2 N–H and O–H groups in total. The first-order valence-corrected chi connectivity index (χ1v) is 15.8. The zero-order valence-electron chi connectivity index (χ0n) is 25.4. The van der Waals surface area contributed by atoms with Crippen molar-refractivity contribution in [3.8, 4) is 5.75 Å². The number of nitrogens with zero attached hydrogens (tertiary/aromatic N) is 5. The van der Waals surface area contributed by atoms with Gasteiger partial charge in [0.15, 0.2) is 5.66 Å². The van der Waals surface area contributed by atoms with Gasteiger partial charge in [0, 0.05) is 63.8 Å². The first-order chi connectivity index (χ1) is 21.9. The van der Waals surface area contributed by atoms with Crippen LogP contribution in [0, 0.1) is 0 Å². The number of carbonyl (C=O) groups excluding carboxylic acids is 4. The summed E-state index contributed by atoms with van der Waals surface area (Å²) in [7, 11) is -1.97. The van der Waals surface area contributed by atoms with Crippen molar-refractivity contribution in [3.63, 3.8) is 0 Å². The van der Waals surface area contributed by atoms with Crippen molar-refractivity contribution in [1.29, 1.82) is 0 Å². The predicted molar refractivity (Wildman–Crippen MR) is 161 cm³/mol. The molecule has 2 fully saturated rings. The van der Waals surface area contributed by atoms with Gasteiger partial charge in [0.1, 0.15) is 24.6 Å². The third-order valence-electron chi connectivity index (χ3n) is 8.01. The largest absolute Gasteiger partial charge is 0.497 e. The van der Waals surface area contributed by atoms with Crippen LogP contribution in [0.4, 0.5) is 5.69 Å². The molecular weight excluding hydrogens is 624 g/mol. The molecule has 4 rings (SSSR count). The number of piperazine rings is 2. The summed E-state index contributed by atoms with van der Waals surface area (Å²) >= 11 is 0. The monoisotopic (exact) mass is 660 g/mol. The Kier molecular flexibility index (Phi) is 10.9. The van der Waals surface area contributed by atoms with E-state index in [1.807, 2.05) is 17.0 Å². The number of pyridine rings is 1. The second-order valence-electron chi connectivity index (χ2n) is 10.6. The Bertz CT molecular complexity index is 1530. The number of hydrogen-bond acceptors (Lipinski definition) is 12. The molecule has 3 heterocycles. The Morgan fingerprint density at radius 3 is 2.24 bits per heavy atom. The Balaban J connectivity index is 1.76. The first kappa shape index (κ1) is 34.3. The van der Waals surface area contributed by atoms with Crippen LogP contribution in [0.15, 0.2) is 53.7 Å². The standard InChI is InChI=1S/C29H36N6O10S/c1-44-22-3-5-23(6-4-22)46(42,43)31-29(9-18-36,34-15-12-32(13-16-34)21-7-10-30-11-8-21)28(41)35-17-14-33(20-25(37)38)27(40)24(35)19-26(39)45-2/h3-8,10-11,18,24,31H,9,12-17,19-20H2,1-2H3,(H,37,38). The van der Waals surface area contributed by atoms with Gasteiger partial charge in [0.25, 0.3) is 5.91 Å². The summed E-state index contributed by atoms with van der Waals surface area (Å²) in [5, 5.41) is 9.31. The van der Waals surface area contributed by atoms with E-state index in [0.717, 1.165) is 22.6 Å². The van der Waals surface area contributed by atoms with Gasteiger partial charge >= 0.3 is 11.9 Å². The van der Waals surface area contributed by atoms with Gasteiger partial charge in [-0.25, -0.2) is 8.42 Å². The van der Waals surface area contributed by atoms with Gasteiger partial charge in [-0.3, -0.25) is 29.1 Å². The molecule has 2 aromatic rings. The van der Waals surface area contributed by atoms with Crippen molar-refractivity contribution in [2.45, 2.75) is 29.4 Å². The van der Waals surface area contributed by atoms with Gasteiger partial charge in [-0.2, -0.15) is 4.72 Å². The van der Waals surface area contributed by atoms with Crippen LogP contribution in [0.1, 0.15) is 12.8 Å². The van der Waals surface area contributed by atoms with Crippen molar-refractivity contribution >= 4 is 45.7 Å². The summed E-state index contributed by atoms with van der Waals surface area (Å²) in [4.78, 5) is 73.7. The van der Waals surface area contributed by atoms with Gasteiger partial charge in [-0.1, -0.05) is 0 Å². The minimum Gasteiger partial charge on any atom is -0.497 e. The number of sulfonamides is 1. The third kappa shape index (κ3) is 7.43. The van der Waals surface area contributed by atoms with Crippen molar-refractivity contribution in [2.75, 3.05) is 64.9 Å². The number of carboxylic acids is 1. The summed E-state index contributed by atoms with van der Waals surface area (Å²) in [6.07, 6.45) is 2.43. The highest BCUT2D eigenvalue weighted by molar-refractivity contribution is 7.89. The highest BCUT2D eigenvalue weighted by Gasteiger charge is 2.53. The molecule has 0 bridgehead atoms. The second kappa shape index (κ2) is 14.7. The lowest BCUT2D eigenvalue weighted by molar-refractivity contribution is -0.165. The fourth-order valence-electron chi connectivity index (χ4n) is 5.64. The van der Waals surface area contributed by atoms with Crippen LogP contribution in [0.3, 0.4) is 0 Å². The molecular formula is C29H36N6O10S. The average Bonchev–Trinajstić information content (AvgIpc) is 3.06. The average molecular weight is 661 g/mol. The zero-order chi connectivity index (χ0) is 33.5.